The quantitative estimate of drug-likeness (QED) is 0.521. The summed E-state index contributed by atoms with van der Waals surface area (Å²) in [5.74, 6) is -0.333. The van der Waals surface area contributed by atoms with E-state index in [0.29, 0.717) is 6.42 Å². The van der Waals surface area contributed by atoms with E-state index >= 15 is 0 Å². The molecule has 0 saturated carbocycles. The molecule has 0 fully saturated rings. The van der Waals surface area contributed by atoms with E-state index in [4.69, 9.17) is 5.73 Å². The van der Waals surface area contributed by atoms with Crippen LogP contribution in [0, 0.1) is 0 Å². The molecule has 14 heavy (non-hydrogen) atoms. The Kier molecular flexibility index (Phi) is 30.5. The molecule has 0 aromatic heterocycles. The van der Waals surface area contributed by atoms with Gasteiger partial charge in [0.25, 0.3) is 0 Å². The monoisotopic (exact) mass is 204 g/mol. The number of nitrogens with two attached hydrogens (primary N) is 2. The summed E-state index contributed by atoms with van der Waals surface area (Å²) in [5.41, 5.74) is 9.69. The maximum absolute atomic E-state index is 9.74. The van der Waals surface area contributed by atoms with Crippen molar-refractivity contribution >= 4 is 12.2 Å². The summed E-state index contributed by atoms with van der Waals surface area (Å²) in [6.07, 6.45) is 4.79. The molecule has 86 valence electrons. The van der Waals surface area contributed by atoms with Gasteiger partial charge in [-0.05, 0) is 19.4 Å². The SMILES string of the molecule is CC.CC(N)=O.NCCCCCC=O. The number of hydrogen-bond donors (Lipinski definition) is 2. The highest BCUT2D eigenvalue weighted by Crippen LogP contribution is 1.94. The number of primary amides is 1. The molecule has 0 bridgehead atoms. The molecule has 0 atom stereocenters. The first kappa shape index (κ1) is 18.8. The average Bonchev–Trinajstić information content (AvgIpc) is 2.15. The molecule has 1 amide bonds. The van der Waals surface area contributed by atoms with Crippen LogP contribution in [-0.4, -0.2) is 18.7 Å². The van der Waals surface area contributed by atoms with Crippen LogP contribution in [0.15, 0.2) is 0 Å². The van der Waals surface area contributed by atoms with Gasteiger partial charge in [0, 0.05) is 13.3 Å². The van der Waals surface area contributed by atoms with Crippen molar-refractivity contribution in [3.8, 4) is 0 Å². The zero-order valence-electron chi connectivity index (χ0n) is 9.58. The Labute approximate surface area is 87.0 Å². The lowest BCUT2D eigenvalue weighted by atomic mass is 10.2. The van der Waals surface area contributed by atoms with E-state index in [1.165, 1.54) is 6.92 Å². The van der Waals surface area contributed by atoms with Crippen LogP contribution >= 0.6 is 0 Å². The Balaban J connectivity index is -0.000000170. The van der Waals surface area contributed by atoms with Crippen LogP contribution in [-0.2, 0) is 9.59 Å². The second kappa shape index (κ2) is 22.7. The molecule has 0 aliphatic rings. The lowest BCUT2D eigenvalue weighted by Gasteiger charge is -1.90. The topological polar surface area (TPSA) is 86.2 Å². The molecule has 0 aliphatic heterocycles. The first-order valence-corrected chi connectivity index (χ1v) is 5.04. The number of amides is 1. The van der Waals surface area contributed by atoms with E-state index in [1.807, 2.05) is 13.8 Å². The number of hydrogen-bond acceptors (Lipinski definition) is 3. The maximum atomic E-state index is 9.74. The van der Waals surface area contributed by atoms with Crippen molar-refractivity contribution in [2.45, 2.75) is 46.5 Å². The Morgan fingerprint density at radius 2 is 1.64 bits per heavy atom. The highest BCUT2D eigenvalue weighted by molar-refractivity contribution is 5.70. The van der Waals surface area contributed by atoms with Gasteiger partial charge in [0.15, 0.2) is 0 Å². The third-order valence-corrected chi connectivity index (χ3v) is 1.03. The Hall–Kier alpha value is -0.900. The minimum absolute atomic E-state index is 0.333. The van der Waals surface area contributed by atoms with Crippen molar-refractivity contribution in [2.75, 3.05) is 6.54 Å². The number of carbonyl (C=O) groups is 2. The van der Waals surface area contributed by atoms with Crippen molar-refractivity contribution in [1.29, 1.82) is 0 Å². The number of rotatable bonds is 5. The van der Waals surface area contributed by atoms with E-state index in [1.54, 1.807) is 0 Å². The smallest absolute Gasteiger partial charge is 0.214 e. The first-order chi connectivity index (χ1) is 6.65. The first-order valence-electron chi connectivity index (χ1n) is 5.04. The average molecular weight is 204 g/mol. The molecule has 0 saturated heterocycles. The lowest BCUT2D eigenvalue weighted by Crippen LogP contribution is -2.01. The van der Waals surface area contributed by atoms with Crippen LogP contribution < -0.4 is 11.5 Å². The van der Waals surface area contributed by atoms with Crippen molar-refractivity contribution in [1.82, 2.24) is 0 Å². The summed E-state index contributed by atoms with van der Waals surface area (Å²) >= 11 is 0. The minimum Gasteiger partial charge on any atom is -0.370 e. The van der Waals surface area contributed by atoms with Crippen LogP contribution in [0.5, 0.6) is 0 Å². The third-order valence-electron chi connectivity index (χ3n) is 1.03. The largest absolute Gasteiger partial charge is 0.370 e. The van der Waals surface area contributed by atoms with Crippen LogP contribution in [0.25, 0.3) is 0 Å². The molecule has 4 nitrogen and oxygen atoms in total. The van der Waals surface area contributed by atoms with E-state index in [9.17, 15) is 9.59 Å². The van der Waals surface area contributed by atoms with Crippen molar-refractivity contribution < 1.29 is 9.59 Å². The highest BCUT2D eigenvalue weighted by atomic mass is 16.1. The molecule has 0 unspecified atom stereocenters. The van der Waals surface area contributed by atoms with Crippen LogP contribution in [0.1, 0.15) is 46.5 Å². The Morgan fingerprint density at radius 3 is 1.93 bits per heavy atom. The molecule has 0 rings (SSSR count). The van der Waals surface area contributed by atoms with E-state index in [2.05, 4.69) is 5.73 Å². The Morgan fingerprint density at radius 1 is 1.21 bits per heavy atom. The van der Waals surface area contributed by atoms with Crippen LogP contribution in [0.4, 0.5) is 0 Å². The van der Waals surface area contributed by atoms with Gasteiger partial charge in [-0.15, -0.1) is 0 Å². The zero-order valence-corrected chi connectivity index (χ0v) is 9.58. The predicted molar refractivity (Wildman–Crippen MR) is 59.8 cm³/mol. The number of unbranched alkanes of at least 4 members (excludes halogenated alkanes) is 3. The molecule has 4 N–H and O–H groups in total. The fourth-order valence-electron chi connectivity index (χ4n) is 0.549. The molecular formula is C10H24N2O2. The van der Waals surface area contributed by atoms with Gasteiger partial charge in [-0.1, -0.05) is 20.3 Å². The molecule has 0 aromatic carbocycles. The maximum Gasteiger partial charge on any atom is 0.214 e. The molecule has 0 heterocycles. The summed E-state index contributed by atoms with van der Waals surface area (Å²) in [6.45, 7) is 6.05. The molecular weight excluding hydrogens is 180 g/mol. The van der Waals surface area contributed by atoms with Gasteiger partial charge in [-0.25, -0.2) is 0 Å². The van der Waals surface area contributed by atoms with Crippen LogP contribution in [0.3, 0.4) is 0 Å². The molecule has 0 spiro atoms. The lowest BCUT2D eigenvalue weighted by molar-refractivity contribution is -0.116. The predicted octanol–water partition coefficient (Wildman–Crippen LogP) is 1.22. The summed E-state index contributed by atoms with van der Waals surface area (Å²) in [6, 6.07) is 0. The second-order valence-corrected chi connectivity index (χ2v) is 2.42. The van der Waals surface area contributed by atoms with Crippen molar-refractivity contribution in [3.05, 3.63) is 0 Å². The normalized spacial score (nSPS) is 7.43. The summed E-state index contributed by atoms with van der Waals surface area (Å²) in [4.78, 5) is 19.0. The van der Waals surface area contributed by atoms with Gasteiger partial charge >= 0.3 is 0 Å². The van der Waals surface area contributed by atoms with Gasteiger partial charge in [0.1, 0.15) is 6.29 Å². The van der Waals surface area contributed by atoms with Gasteiger partial charge in [-0.2, -0.15) is 0 Å². The minimum atomic E-state index is -0.333. The summed E-state index contributed by atoms with van der Waals surface area (Å²) in [5, 5.41) is 0. The van der Waals surface area contributed by atoms with Crippen LogP contribution in [0.2, 0.25) is 0 Å². The fraction of sp³-hybridized carbons (Fsp3) is 0.800. The highest BCUT2D eigenvalue weighted by Gasteiger charge is 1.83. The zero-order chi connectivity index (χ0) is 11.8. The van der Waals surface area contributed by atoms with Gasteiger partial charge in [0.2, 0.25) is 5.91 Å². The summed E-state index contributed by atoms with van der Waals surface area (Å²) in [7, 11) is 0. The third kappa shape index (κ3) is 67.4. The number of aldehydes is 1. The second-order valence-electron chi connectivity index (χ2n) is 2.42. The van der Waals surface area contributed by atoms with Gasteiger partial charge in [-0.3, -0.25) is 4.79 Å². The van der Waals surface area contributed by atoms with E-state index in [0.717, 1.165) is 32.1 Å². The fourth-order valence-corrected chi connectivity index (χ4v) is 0.549. The standard InChI is InChI=1S/C6H13NO.C2H5NO.C2H6/c7-5-3-1-2-4-6-8;1-2(3)4;1-2/h6H,1-5,7H2;1H3,(H2,3,4);1-2H3. The molecule has 0 aromatic rings. The molecule has 0 radical (unpaired) electrons. The number of carbonyl (C=O) groups excluding carboxylic acids is 2. The van der Waals surface area contributed by atoms with Crippen molar-refractivity contribution in [3.63, 3.8) is 0 Å². The van der Waals surface area contributed by atoms with Gasteiger partial charge < -0.3 is 16.3 Å². The summed E-state index contributed by atoms with van der Waals surface area (Å²) < 4.78 is 0. The van der Waals surface area contributed by atoms with E-state index < -0.39 is 0 Å². The van der Waals surface area contributed by atoms with E-state index in [-0.39, 0.29) is 5.91 Å². The Bertz CT molecular complexity index is 113. The van der Waals surface area contributed by atoms with Crippen molar-refractivity contribution in [2.24, 2.45) is 11.5 Å². The molecule has 4 heteroatoms. The van der Waals surface area contributed by atoms with Gasteiger partial charge in [0.05, 0.1) is 0 Å². The molecule has 0 aliphatic carbocycles.